The largest absolute Gasteiger partial charge is 0.465 e. The van der Waals surface area contributed by atoms with E-state index in [9.17, 15) is 4.79 Å². The number of benzene rings is 1. The van der Waals surface area contributed by atoms with Crippen LogP contribution in [0.3, 0.4) is 0 Å². The monoisotopic (exact) mass is 236 g/mol. The highest BCUT2D eigenvalue weighted by Crippen LogP contribution is 2.14. The van der Waals surface area contributed by atoms with Crippen molar-refractivity contribution < 1.29 is 9.53 Å². The molecule has 0 atom stereocenters. The smallest absolute Gasteiger partial charge is 0.337 e. The zero-order valence-corrected chi connectivity index (χ0v) is 10.7. The number of ether oxygens (including phenoxy) is 1. The minimum Gasteiger partial charge on any atom is -0.465 e. The Labute approximate surface area is 103 Å². The Balaban J connectivity index is 2.57. The summed E-state index contributed by atoms with van der Waals surface area (Å²) in [5, 5.41) is 3.12. The number of nitrogens with one attached hydrogen (secondary N) is 1. The van der Waals surface area contributed by atoms with Gasteiger partial charge < -0.3 is 15.0 Å². The lowest BCUT2D eigenvalue weighted by atomic mass is 10.2. The van der Waals surface area contributed by atoms with Crippen molar-refractivity contribution in [1.82, 2.24) is 5.32 Å². The Morgan fingerprint density at radius 1 is 1.35 bits per heavy atom. The third kappa shape index (κ3) is 4.07. The summed E-state index contributed by atoms with van der Waals surface area (Å²) < 4.78 is 4.66. The summed E-state index contributed by atoms with van der Waals surface area (Å²) >= 11 is 0. The van der Waals surface area contributed by atoms with Gasteiger partial charge in [-0.1, -0.05) is 0 Å². The first-order valence-corrected chi connectivity index (χ1v) is 5.73. The van der Waals surface area contributed by atoms with Gasteiger partial charge in [0.25, 0.3) is 0 Å². The molecule has 0 fully saturated rings. The molecule has 4 heteroatoms. The molecule has 0 aliphatic carbocycles. The lowest BCUT2D eigenvalue weighted by Gasteiger charge is -2.19. The Morgan fingerprint density at radius 3 is 2.53 bits per heavy atom. The maximum Gasteiger partial charge on any atom is 0.337 e. The van der Waals surface area contributed by atoms with Crippen LogP contribution in [0.4, 0.5) is 5.69 Å². The number of anilines is 1. The van der Waals surface area contributed by atoms with Crippen LogP contribution in [0.2, 0.25) is 0 Å². The molecule has 0 spiro atoms. The Morgan fingerprint density at radius 2 is 2.00 bits per heavy atom. The van der Waals surface area contributed by atoms with Gasteiger partial charge in [0.05, 0.1) is 12.7 Å². The van der Waals surface area contributed by atoms with Gasteiger partial charge in [-0.2, -0.15) is 0 Å². The molecule has 0 saturated heterocycles. The lowest BCUT2D eigenvalue weighted by Crippen LogP contribution is -2.22. The quantitative estimate of drug-likeness (QED) is 0.600. The summed E-state index contributed by atoms with van der Waals surface area (Å²) in [4.78, 5) is 13.4. The zero-order valence-electron chi connectivity index (χ0n) is 10.7. The first-order valence-electron chi connectivity index (χ1n) is 5.73. The molecule has 0 saturated carbocycles. The van der Waals surface area contributed by atoms with Crippen LogP contribution in [0.1, 0.15) is 16.8 Å². The predicted molar refractivity (Wildman–Crippen MR) is 69.6 cm³/mol. The standard InChI is InChI=1S/C13H20N2O2/c1-14-9-4-10-15(2)12-7-5-11(6-8-12)13(16)17-3/h5-8,14H,4,9-10H2,1-3H3. The number of carbonyl (C=O) groups excluding carboxylic acids is 1. The average molecular weight is 236 g/mol. The van der Waals surface area contributed by atoms with Gasteiger partial charge in [-0.25, -0.2) is 4.79 Å². The molecule has 0 aliphatic heterocycles. The third-order valence-electron chi connectivity index (χ3n) is 2.65. The molecule has 0 heterocycles. The van der Waals surface area contributed by atoms with E-state index in [0.29, 0.717) is 5.56 Å². The molecule has 17 heavy (non-hydrogen) atoms. The van der Waals surface area contributed by atoms with Crippen molar-refractivity contribution in [2.24, 2.45) is 0 Å². The molecule has 0 aliphatic rings. The topological polar surface area (TPSA) is 41.6 Å². The van der Waals surface area contributed by atoms with Crippen LogP contribution in [0.25, 0.3) is 0 Å². The van der Waals surface area contributed by atoms with Gasteiger partial charge >= 0.3 is 5.97 Å². The highest BCUT2D eigenvalue weighted by Gasteiger charge is 2.05. The lowest BCUT2D eigenvalue weighted by molar-refractivity contribution is 0.0601. The van der Waals surface area contributed by atoms with Crippen molar-refractivity contribution in [3.8, 4) is 0 Å². The molecule has 1 N–H and O–H groups in total. The maximum absolute atomic E-state index is 11.3. The number of esters is 1. The van der Waals surface area contributed by atoms with Crippen LogP contribution in [0.5, 0.6) is 0 Å². The fraction of sp³-hybridized carbons (Fsp3) is 0.462. The molecular weight excluding hydrogens is 216 g/mol. The summed E-state index contributed by atoms with van der Waals surface area (Å²) in [7, 11) is 5.38. The van der Waals surface area contributed by atoms with Crippen molar-refractivity contribution in [3.05, 3.63) is 29.8 Å². The van der Waals surface area contributed by atoms with Crippen LogP contribution in [-0.2, 0) is 4.74 Å². The normalized spacial score (nSPS) is 10.1. The molecule has 1 aromatic carbocycles. The molecule has 1 aromatic rings. The molecular formula is C13H20N2O2. The molecule has 94 valence electrons. The number of hydrogen-bond donors (Lipinski definition) is 1. The van der Waals surface area contributed by atoms with Gasteiger partial charge in [0, 0.05) is 19.3 Å². The second-order valence-electron chi connectivity index (χ2n) is 3.92. The van der Waals surface area contributed by atoms with Crippen LogP contribution in [-0.4, -0.2) is 40.3 Å². The summed E-state index contributed by atoms with van der Waals surface area (Å²) in [6.07, 6.45) is 1.09. The van der Waals surface area contributed by atoms with Crippen LogP contribution < -0.4 is 10.2 Å². The third-order valence-corrected chi connectivity index (χ3v) is 2.65. The SMILES string of the molecule is CNCCCN(C)c1ccc(C(=O)OC)cc1. The average Bonchev–Trinajstić information content (AvgIpc) is 2.38. The molecule has 0 amide bonds. The fourth-order valence-electron chi connectivity index (χ4n) is 1.59. The van der Waals surface area contributed by atoms with Crippen molar-refractivity contribution in [3.63, 3.8) is 0 Å². The van der Waals surface area contributed by atoms with E-state index in [1.165, 1.54) is 7.11 Å². The van der Waals surface area contributed by atoms with Gasteiger partial charge in [0.2, 0.25) is 0 Å². The number of nitrogens with zero attached hydrogens (tertiary/aromatic N) is 1. The minimum absolute atomic E-state index is 0.297. The van der Waals surface area contributed by atoms with Crippen LogP contribution in [0, 0.1) is 0 Å². The summed E-state index contributed by atoms with van der Waals surface area (Å²) in [5.74, 6) is -0.297. The highest BCUT2D eigenvalue weighted by atomic mass is 16.5. The second-order valence-corrected chi connectivity index (χ2v) is 3.92. The summed E-state index contributed by atoms with van der Waals surface area (Å²) in [5.41, 5.74) is 1.69. The van der Waals surface area contributed by atoms with E-state index in [0.717, 1.165) is 25.2 Å². The van der Waals surface area contributed by atoms with Gasteiger partial charge in [-0.3, -0.25) is 0 Å². The van der Waals surface area contributed by atoms with E-state index < -0.39 is 0 Å². The molecule has 0 unspecified atom stereocenters. The van der Waals surface area contributed by atoms with Crippen molar-refractivity contribution in [2.45, 2.75) is 6.42 Å². The number of methoxy groups -OCH3 is 1. The van der Waals surface area contributed by atoms with E-state index in [4.69, 9.17) is 0 Å². The van der Waals surface area contributed by atoms with Crippen molar-refractivity contribution >= 4 is 11.7 Å². The number of hydrogen-bond acceptors (Lipinski definition) is 4. The number of carbonyl (C=O) groups is 1. The van der Waals surface area contributed by atoms with Gasteiger partial charge in [-0.05, 0) is 44.3 Å². The van der Waals surface area contributed by atoms with E-state index in [1.807, 2.05) is 26.2 Å². The van der Waals surface area contributed by atoms with Crippen LogP contribution in [0.15, 0.2) is 24.3 Å². The van der Waals surface area contributed by atoms with Crippen LogP contribution >= 0.6 is 0 Å². The van der Waals surface area contributed by atoms with Gasteiger partial charge in [-0.15, -0.1) is 0 Å². The van der Waals surface area contributed by atoms with E-state index in [2.05, 4.69) is 15.0 Å². The summed E-state index contributed by atoms with van der Waals surface area (Å²) in [6, 6.07) is 7.45. The Kier molecular flexibility index (Phi) is 5.49. The molecule has 0 aromatic heterocycles. The van der Waals surface area contributed by atoms with Gasteiger partial charge in [0.15, 0.2) is 0 Å². The molecule has 1 rings (SSSR count). The second kappa shape index (κ2) is 6.91. The molecule has 0 radical (unpaired) electrons. The minimum atomic E-state index is -0.297. The van der Waals surface area contributed by atoms with E-state index in [-0.39, 0.29) is 5.97 Å². The highest BCUT2D eigenvalue weighted by molar-refractivity contribution is 5.89. The van der Waals surface area contributed by atoms with Crippen molar-refractivity contribution in [2.75, 3.05) is 39.2 Å². The fourth-order valence-corrected chi connectivity index (χ4v) is 1.59. The zero-order chi connectivity index (χ0) is 12.7. The predicted octanol–water partition coefficient (Wildman–Crippen LogP) is 1.52. The van der Waals surface area contributed by atoms with E-state index in [1.54, 1.807) is 12.1 Å². The number of rotatable bonds is 6. The first kappa shape index (κ1) is 13.5. The van der Waals surface area contributed by atoms with E-state index >= 15 is 0 Å². The molecule has 4 nitrogen and oxygen atoms in total. The van der Waals surface area contributed by atoms with Gasteiger partial charge in [0.1, 0.15) is 0 Å². The maximum atomic E-state index is 11.3. The molecule has 0 bridgehead atoms. The Bertz CT molecular complexity index is 349. The van der Waals surface area contributed by atoms with Crippen molar-refractivity contribution in [1.29, 1.82) is 0 Å². The summed E-state index contributed by atoms with van der Waals surface area (Å²) in [6.45, 7) is 1.99. The Hall–Kier alpha value is -1.55. The first-order chi connectivity index (χ1) is 8.19.